The first-order valence-corrected chi connectivity index (χ1v) is 7.72. The van der Waals surface area contributed by atoms with Crippen LogP contribution in [0.5, 0.6) is 0 Å². The number of imidazole rings is 1. The predicted molar refractivity (Wildman–Crippen MR) is 80.0 cm³/mol. The zero-order valence-electron chi connectivity index (χ0n) is 12.9. The van der Waals surface area contributed by atoms with Gasteiger partial charge in [-0.1, -0.05) is 40.5 Å². The van der Waals surface area contributed by atoms with Gasteiger partial charge in [-0.05, 0) is 24.2 Å². The van der Waals surface area contributed by atoms with E-state index < -0.39 is 0 Å². The van der Waals surface area contributed by atoms with E-state index in [1.165, 1.54) is 25.7 Å². The summed E-state index contributed by atoms with van der Waals surface area (Å²) in [6.07, 6.45) is 11.3. The van der Waals surface area contributed by atoms with Crippen LogP contribution in [0.2, 0.25) is 0 Å². The van der Waals surface area contributed by atoms with Crippen molar-refractivity contribution < 1.29 is 0 Å². The molecular weight excluding hydrogens is 234 g/mol. The van der Waals surface area contributed by atoms with Crippen LogP contribution in [-0.4, -0.2) is 21.6 Å². The molecule has 0 saturated heterocycles. The molecule has 3 atom stereocenters. The Kier molecular flexibility index (Phi) is 4.67. The molecule has 19 heavy (non-hydrogen) atoms. The molecule has 3 unspecified atom stereocenters. The molecule has 0 bridgehead atoms. The number of rotatable bonds is 5. The fraction of sp³-hybridized carbons (Fsp3) is 0.812. The van der Waals surface area contributed by atoms with E-state index in [0.29, 0.717) is 12.1 Å². The second-order valence-corrected chi connectivity index (χ2v) is 7.05. The third-order valence-electron chi connectivity index (χ3n) is 4.60. The molecule has 1 saturated carbocycles. The number of aromatic nitrogens is 2. The molecule has 1 aliphatic rings. The smallest absolute Gasteiger partial charge is 0.0946 e. The van der Waals surface area contributed by atoms with E-state index in [4.69, 9.17) is 0 Å². The van der Waals surface area contributed by atoms with Gasteiger partial charge in [0.05, 0.1) is 6.33 Å². The van der Waals surface area contributed by atoms with Gasteiger partial charge >= 0.3 is 0 Å². The highest BCUT2D eigenvalue weighted by Gasteiger charge is 2.32. The second kappa shape index (κ2) is 6.08. The average molecular weight is 263 g/mol. The van der Waals surface area contributed by atoms with E-state index in [-0.39, 0.29) is 5.41 Å². The number of hydrogen-bond donors (Lipinski definition) is 1. The maximum atomic E-state index is 4.16. The lowest BCUT2D eigenvalue weighted by molar-refractivity contribution is 0.205. The maximum Gasteiger partial charge on any atom is 0.0946 e. The van der Waals surface area contributed by atoms with Crippen molar-refractivity contribution >= 4 is 0 Å². The highest BCUT2D eigenvalue weighted by molar-refractivity contribution is 4.90. The minimum Gasteiger partial charge on any atom is -0.336 e. The van der Waals surface area contributed by atoms with Gasteiger partial charge in [-0.3, -0.25) is 0 Å². The largest absolute Gasteiger partial charge is 0.336 e. The predicted octanol–water partition coefficient (Wildman–Crippen LogP) is 3.47. The van der Waals surface area contributed by atoms with Crippen molar-refractivity contribution in [1.29, 1.82) is 0 Å². The lowest BCUT2D eigenvalue weighted by atomic mass is 9.85. The monoisotopic (exact) mass is 263 g/mol. The highest BCUT2D eigenvalue weighted by Crippen LogP contribution is 2.31. The summed E-state index contributed by atoms with van der Waals surface area (Å²) in [4.78, 5) is 4.16. The number of hydrogen-bond acceptors (Lipinski definition) is 2. The van der Waals surface area contributed by atoms with Gasteiger partial charge in [-0.2, -0.15) is 0 Å². The van der Waals surface area contributed by atoms with E-state index in [1.54, 1.807) is 0 Å². The summed E-state index contributed by atoms with van der Waals surface area (Å²) in [5, 5.41) is 3.95. The third kappa shape index (κ3) is 3.82. The molecule has 2 rings (SSSR count). The lowest BCUT2D eigenvalue weighted by Gasteiger charge is -2.36. The van der Waals surface area contributed by atoms with Gasteiger partial charge in [-0.15, -0.1) is 0 Å². The molecular formula is C16H29N3. The Labute approximate surface area is 117 Å². The van der Waals surface area contributed by atoms with Gasteiger partial charge in [0.2, 0.25) is 0 Å². The first-order chi connectivity index (χ1) is 9.00. The van der Waals surface area contributed by atoms with Crippen LogP contribution in [-0.2, 0) is 6.54 Å². The highest BCUT2D eigenvalue weighted by atomic mass is 15.1. The molecule has 1 aromatic rings. The van der Waals surface area contributed by atoms with Crippen LogP contribution in [0.1, 0.15) is 53.4 Å². The Morgan fingerprint density at radius 2 is 2.16 bits per heavy atom. The summed E-state index contributed by atoms with van der Waals surface area (Å²) in [7, 11) is 0. The molecule has 0 aliphatic heterocycles. The van der Waals surface area contributed by atoms with Crippen molar-refractivity contribution in [2.75, 3.05) is 0 Å². The molecule has 0 amide bonds. The summed E-state index contributed by atoms with van der Waals surface area (Å²) < 4.78 is 2.19. The zero-order valence-corrected chi connectivity index (χ0v) is 12.9. The third-order valence-corrected chi connectivity index (χ3v) is 4.60. The van der Waals surface area contributed by atoms with Crippen molar-refractivity contribution in [2.24, 2.45) is 11.3 Å². The molecule has 0 radical (unpaired) electrons. The fourth-order valence-corrected chi connectivity index (χ4v) is 3.19. The Hall–Kier alpha value is -0.830. The fourth-order valence-electron chi connectivity index (χ4n) is 3.19. The average Bonchev–Trinajstić information content (AvgIpc) is 2.97. The van der Waals surface area contributed by atoms with Crippen LogP contribution in [0, 0.1) is 11.3 Å². The molecule has 3 heteroatoms. The molecule has 1 aliphatic carbocycles. The minimum atomic E-state index is 0.269. The van der Waals surface area contributed by atoms with E-state index in [0.717, 1.165) is 12.5 Å². The first-order valence-electron chi connectivity index (χ1n) is 7.72. The van der Waals surface area contributed by atoms with E-state index in [2.05, 4.69) is 48.8 Å². The number of nitrogens with one attached hydrogen (secondary N) is 1. The van der Waals surface area contributed by atoms with Crippen LogP contribution < -0.4 is 5.32 Å². The van der Waals surface area contributed by atoms with Gasteiger partial charge in [0.15, 0.2) is 0 Å². The molecule has 1 fully saturated rings. The molecule has 1 aromatic heterocycles. The lowest BCUT2D eigenvalue weighted by Crippen LogP contribution is -2.49. The van der Waals surface area contributed by atoms with Gasteiger partial charge in [0, 0.05) is 31.0 Å². The molecule has 3 nitrogen and oxygen atoms in total. The summed E-state index contributed by atoms with van der Waals surface area (Å²) in [5.74, 6) is 0.868. The quantitative estimate of drug-likeness (QED) is 0.881. The summed E-state index contributed by atoms with van der Waals surface area (Å²) >= 11 is 0. The molecule has 1 heterocycles. The molecule has 108 valence electrons. The Balaban J connectivity index is 2.02. The standard InChI is InChI=1S/C16H29N3/c1-5-13-7-6-8-14(13)18-15(16(2,3)4)11-19-10-9-17-12-19/h9-10,12-15,18H,5-8,11H2,1-4H3. The van der Waals surface area contributed by atoms with Crippen LogP contribution in [0.25, 0.3) is 0 Å². The Morgan fingerprint density at radius 1 is 1.37 bits per heavy atom. The second-order valence-electron chi connectivity index (χ2n) is 7.05. The van der Waals surface area contributed by atoms with Gasteiger partial charge < -0.3 is 9.88 Å². The van der Waals surface area contributed by atoms with Crippen molar-refractivity contribution in [3.8, 4) is 0 Å². The van der Waals surface area contributed by atoms with Crippen molar-refractivity contribution in [1.82, 2.24) is 14.9 Å². The van der Waals surface area contributed by atoms with E-state index >= 15 is 0 Å². The summed E-state index contributed by atoms with van der Waals surface area (Å²) in [6, 6.07) is 1.21. The SMILES string of the molecule is CCC1CCCC1NC(Cn1ccnc1)C(C)(C)C. The maximum absolute atomic E-state index is 4.16. The van der Waals surface area contributed by atoms with Crippen molar-refractivity contribution in [2.45, 2.75) is 72.0 Å². The van der Waals surface area contributed by atoms with Gasteiger partial charge in [0.25, 0.3) is 0 Å². The van der Waals surface area contributed by atoms with Gasteiger partial charge in [-0.25, -0.2) is 4.98 Å². The van der Waals surface area contributed by atoms with Crippen LogP contribution in [0.4, 0.5) is 0 Å². The van der Waals surface area contributed by atoms with E-state index in [1.807, 2.05) is 12.5 Å². The minimum absolute atomic E-state index is 0.269. The first kappa shape index (κ1) is 14.6. The Bertz CT molecular complexity index is 364. The van der Waals surface area contributed by atoms with Gasteiger partial charge in [0.1, 0.15) is 0 Å². The van der Waals surface area contributed by atoms with E-state index in [9.17, 15) is 0 Å². The zero-order chi connectivity index (χ0) is 13.9. The normalized spacial score (nSPS) is 25.7. The molecule has 0 spiro atoms. The number of nitrogens with zero attached hydrogens (tertiary/aromatic N) is 2. The van der Waals surface area contributed by atoms with Crippen LogP contribution >= 0.6 is 0 Å². The molecule has 0 aromatic carbocycles. The Morgan fingerprint density at radius 3 is 2.74 bits per heavy atom. The van der Waals surface area contributed by atoms with Crippen LogP contribution in [0.3, 0.4) is 0 Å². The summed E-state index contributed by atoms with van der Waals surface area (Å²) in [5.41, 5.74) is 0.269. The van der Waals surface area contributed by atoms with Crippen molar-refractivity contribution in [3.05, 3.63) is 18.7 Å². The topological polar surface area (TPSA) is 29.9 Å². The summed E-state index contributed by atoms with van der Waals surface area (Å²) in [6.45, 7) is 10.3. The van der Waals surface area contributed by atoms with Crippen LogP contribution in [0.15, 0.2) is 18.7 Å². The molecule has 1 N–H and O–H groups in total. The van der Waals surface area contributed by atoms with Crippen molar-refractivity contribution in [3.63, 3.8) is 0 Å².